The van der Waals surface area contributed by atoms with Gasteiger partial charge in [-0.1, -0.05) is 32.9 Å². The van der Waals surface area contributed by atoms with Gasteiger partial charge < -0.3 is 10.1 Å². The van der Waals surface area contributed by atoms with Crippen LogP contribution in [0.2, 0.25) is 0 Å². The Labute approximate surface area is 203 Å². The van der Waals surface area contributed by atoms with E-state index in [1.807, 2.05) is 6.07 Å². The number of aromatic amines is 1. The van der Waals surface area contributed by atoms with Gasteiger partial charge in [0.05, 0.1) is 12.2 Å². The standard InChI is InChI=1S/C24H27N5O5S/c1-24(2,3)20-15-22-26-21(28-29(22)27-20)9-6-14-34-17-12-10-16(11-13-17)25-23(30)18-7-4-5-8-19(18)35(31,32)33/h4-5,7-8,10-13,15,27H,6,9,14H2,1-3H3,(H,25,30)(H,31,32,33). The summed E-state index contributed by atoms with van der Waals surface area (Å²) in [7, 11) is -4.52. The molecule has 3 N–H and O–H groups in total. The van der Waals surface area contributed by atoms with E-state index in [0.29, 0.717) is 24.5 Å². The molecule has 2 aromatic carbocycles. The number of nitrogens with zero attached hydrogens (tertiary/aromatic N) is 3. The maximum absolute atomic E-state index is 12.5. The van der Waals surface area contributed by atoms with Crippen LogP contribution < -0.4 is 10.1 Å². The Kier molecular flexibility index (Phi) is 6.64. The Balaban J connectivity index is 1.28. The lowest BCUT2D eigenvalue weighted by Crippen LogP contribution is -2.16. The van der Waals surface area contributed by atoms with Crippen LogP contribution in [0.1, 0.15) is 49.1 Å². The van der Waals surface area contributed by atoms with Crippen molar-refractivity contribution in [1.82, 2.24) is 19.8 Å². The average molecular weight is 498 g/mol. The molecule has 4 rings (SSSR count). The van der Waals surface area contributed by atoms with Crippen LogP contribution in [-0.2, 0) is 22.0 Å². The smallest absolute Gasteiger partial charge is 0.295 e. The van der Waals surface area contributed by atoms with E-state index in [-0.39, 0.29) is 11.0 Å². The molecule has 0 saturated carbocycles. The number of aromatic nitrogens is 4. The van der Waals surface area contributed by atoms with E-state index in [0.717, 1.165) is 23.6 Å². The van der Waals surface area contributed by atoms with Crippen molar-refractivity contribution in [2.75, 3.05) is 11.9 Å². The SMILES string of the molecule is CC(C)(C)c1cc2nc(CCCOc3ccc(NC(=O)c4ccccc4S(=O)(=O)O)cc3)nn2[nH]1. The topological polar surface area (TPSA) is 139 Å². The van der Waals surface area contributed by atoms with Gasteiger partial charge in [0.15, 0.2) is 11.5 Å². The van der Waals surface area contributed by atoms with E-state index >= 15 is 0 Å². The zero-order chi connectivity index (χ0) is 25.2. The Morgan fingerprint density at radius 3 is 2.51 bits per heavy atom. The second-order valence-electron chi connectivity index (χ2n) is 9.12. The number of hydrogen-bond acceptors (Lipinski definition) is 6. The van der Waals surface area contributed by atoms with Crippen molar-refractivity contribution in [3.8, 4) is 5.75 Å². The van der Waals surface area contributed by atoms with Crippen molar-refractivity contribution in [2.45, 2.75) is 43.9 Å². The zero-order valence-corrected chi connectivity index (χ0v) is 20.5. The maximum Gasteiger partial charge on any atom is 0.295 e. The summed E-state index contributed by atoms with van der Waals surface area (Å²) in [5, 5.41) is 10.3. The van der Waals surface area contributed by atoms with E-state index in [4.69, 9.17) is 4.74 Å². The number of anilines is 1. The van der Waals surface area contributed by atoms with Gasteiger partial charge in [0.2, 0.25) is 0 Å². The molecular formula is C24H27N5O5S. The third-order valence-electron chi connectivity index (χ3n) is 5.32. The van der Waals surface area contributed by atoms with E-state index in [1.165, 1.54) is 24.3 Å². The van der Waals surface area contributed by atoms with Gasteiger partial charge in [0.1, 0.15) is 10.6 Å². The van der Waals surface area contributed by atoms with Crippen molar-refractivity contribution in [1.29, 1.82) is 0 Å². The highest BCUT2D eigenvalue weighted by Crippen LogP contribution is 2.22. The van der Waals surface area contributed by atoms with Gasteiger partial charge in [-0.15, -0.1) is 5.10 Å². The summed E-state index contributed by atoms with van der Waals surface area (Å²) < 4.78 is 39.8. The Hall–Kier alpha value is -3.70. The number of amides is 1. The lowest BCUT2D eigenvalue weighted by molar-refractivity contribution is 0.102. The average Bonchev–Trinajstić information content (AvgIpc) is 3.36. The van der Waals surface area contributed by atoms with Crippen LogP contribution in [0.3, 0.4) is 0 Å². The fourth-order valence-electron chi connectivity index (χ4n) is 3.44. The Morgan fingerprint density at radius 2 is 1.86 bits per heavy atom. The predicted molar refractivity (Wildman–Crippen MR) is 131 cm³/mol. The molecule has 2 heterocycles. The second-order valence-corrected chi connectivity index (χ2v) is 10.5. The minimum absolute atomic E-state index is 0.000690. The highest BCUT2D eigenvalue weighted by atomic mass is 32.2. The van der Waals surface area contributed by atoms with Crippen LogP contribution in [0, 0.1) is 0 Å². The van der Waals surface area contributed by atoms with Gasteiger partial charge in [-0.05, 0) is 42.8 Å². The molecule has 0 aliphatic heterocycles. The monoisotopic (exact) mass is 497 g/mol. The van der Waals surface area contributed by atoms with Crippen LogP contribution in [-0.4, -0.2) is 45.3 Å². The van der Waals surface area contributed by atoms with E-state index in [2.05, 4.69) is 41.3 Å². The summed E-state index contributed by atoms with van der Waals surface area (Å²) in [6.45, 7) is 6.84. The molecule has 0 saturated heterocycles. The largest absolute Gasteiger partial charge is 0.494 e. The van der Waals surface area contributed by atoms with Crippen molar-refractivity contribution in [2.24, 2.45) is 0 Å². The highest BCUT2D eigenvalue weighted by Gasteiger charge is 2.20. The molecule has 1 amide bonds. The molecule has 35 heavy (non-hydrogen) atoms. The quantitative estimate of drug-likeness (QED) is 0.248. The van der Waals surface area contributed by atoms with E-state index in [9.17, 15) is 17.8 Å². The fourth-order valence-corrected chi connectivity index (χ4v) is 4.13. The van der Waals surface area contributed by atoms with Crippen molar-refractivity contribution in [3.63, 3.8) is 0 Å². The number of ether oxygens (including phenoxy) is 1. The number of carbonyl (C=O) groups is 1. The molecule has 0 spiro atoms. The molecule has 0 radical (unpaired) electrons. The van der Waals surface area contributed by atoms with Gasteiger partial charge in [-0.25, -0.2) is 4.98 Å². The summed E-state index contributed by atoms with van der Waals surface area (Å²) in [5.74, 6) is 0.718. The van der Waals surface area contributed by atoms with Crippen LogP contribution in [0.5, 0.6) is 5.75 Å². The predicted octanol–water partition coefficient (Wildman–Crippen LogP) is 3.87. The van der Waals surface area contributed by atoms with Gasteiger partial charge in [-0.3, -0.25) is 14.4 Å². The molecule has 0 aliphatic rings. The van der Waals surface area contributed by atoms with Crippen molar-refractivity contribution >= 4 is 27.4 Å². The fraction of sp³-hybridized carbons (Fsp3) is 0.292. The molecular weight excluding hydrogens is 470 g/mol. The first kappa shape index (κ1) is 24.4. The minimum atomic E-state index is -4.52. The molecule has 0 unspecified atom stereocenters. The summed E-state index contributed by atoms with van der Waals surface area (Å²) >= 11 is 0. The molecule has 0 fully saturated rings. The summed E-state index contributed by atoms with van der Waals surface area (Å²) in [6, 6.07) is 14.2. The summed E-state index contributed by atoms with van der Waals surface area (Å²) in [5.41, 5.74) is 2.18. The normalized spacial score (nSPS) is 12.1. The van der Waals surface area contributed by atoms with Crippen LogP contribution in [0.15, 0.2) is 59.5 Å². The lowest BCUT2D eigenvalue weighted by atomic mass is 9.93. The maximum atomic E-state index is 12.5. The molecule has 4 aromatic rings. The van der Waals surface area contributed by atoms with Crippen LogP contribution in [0.4, 0.5) is 5.69 Å². The third kappa shape index (κ3) is 5.87. The minimum Gasteiger partial charge on any atom is -0.494 e. The molecule has 0 atom stereocenters. The van der Waals surface area contributed by atoms with E-state index < -0.39 is 20.9 Å². The summed E-state index contributed by atoms with van der Waals surface area (Å²) in [6.07, 6.45) is 1.39. The zero-order valence-electron chi connectivity index (χ0n) is 19.6. The number of H-pyrrole nitrogens is 1. The number of carbonyl (C=O) groups excluding carboxylic acids is 1. The van der Waals surface area contributed by atoms with Crippen molar-refractivity contribution < 1.29 is 22.5 Å². The highest BCUT2D eigenvalue weighted by molar-refractivity contribution is 7.86. The Morgan fingerprint density at radius 1 is 1.14 bits per heavy atom. The first-order valence-electron chi connectivity index (χ1n) is 11.1. The first-order valence-corrected chi connectivity index (χ1v) is 12.5. The van der Waals surface area contributed by atoms with Gasteiger partial charge >= 0.3 is 0 Å². The Bertz CT molecular complexity index is 1420. The first-order chi connectivity index (χ1) is 16.5. The van der Waals surface area contributed by atoms with Crippen LogP contribution in [0.25, 0.3) is 5.65 Å². The number of hydrogen-bond donors (Lipinski definition) is 3. The molecule has 11 heteroatoms. The van der Waals surface area contributed by atoms with Crippen molar-refractivity contribution in [3.05, 3.63) is 71.7 Å². The number of benzene rings is 2. The molecule has 10 nitrogen and oxygen atoms in total. The number of nitrogens with one attached hydrogen (secondary N) is 2. The van der Waals surface area contributed by atoms with E-state index in [1.54, 1.807) is 28.9 Å². The number of fused-ring (bicyclic) bond motifs is 1. The van der Waals surface area contributed by atoms with Crippen LogP contribution >= 0.6 is 0 Å². The molecule has 184 valence electrons. The van der Waals surface area contributed by atoms with Gasteiger partial charge in [0, 0.05) is 29.3 Å². The lowest BCUT2D eigenvalue weighted by Gasteiger charge is -2.14. The summed E-state index contributed by atoms with van der Waals surface area (Å²) in [4.78, 5) is 16.6. The molecule has 0 bridgehead atoms. The molecule has 0 aliphatic carbocycles. The van der Waals surface area contributed by atoms with Gasteiger partial charge in [0.25, 0.3) is 16.0 Å². The number of aryl methyl sites for hydroxylation is 1. The third-order valence-corrected chi connectivity index (χ3v) is 6.23. The van der Waals surface area contributed by atoms with Gasteiger partial charge in [-0.2, -0.15) is 13.0 Å². The second kappa shape index (κ2) is 9.51. The molecule has 2 aromatic heterocycles. The number of rotatable bonds is 8.